The van der Waals surface area contributed by atoms with Gasteiger partial charge in [0, 0.05) is 6.42 Å². The minimum Gasteiger partial charge on any atom is -0.390 e. The van der Waals surface area contributed by atoms with E-state index in [4.69, 9.17) is 11.6 Å². The molecular formula is C15H20ClFO. The number of hydrogen-bond acceptors (Lipinski definition) is 1. The highest BCUT2D eigenvalue weighted by Crippen LogP contribution is 2.37. The first-order valence-electron chi connectivity index (χ1n) is 6.69. The van der Waals surface area contributed by atoms with E-state index in [1.54, 1.807) is 12.1 Å². The number of aliphatic hydroxyl groups is 1. The molecule has 0 saturated heterocycles. The summed E-state index contributed by atoms with van der Waals surface area (Å²) in [5.74, 6) is 0.178. The molecule has 0 heterocycles. The summed E-state index contributed by atoms with van der Waals surface area (Å²) in [5.41, 5.74) is 0.00650. The van der Waals surface area contributed by atoms with Crippen molar-refractivity contribution in [2.24, 2.45) is 5.92 Å². The third-order valence-corrected chi connectivity index (χ3v) is 4.47. The smallest absolute Gasteiger partial charge is 0.142 e. The fraction of sp³-hybridized carbons (Fsp3) is 0.600. The molecular weight excluding hydrogens is 251 g/mol. The van der Waals surface area contributed by atoms with Crippen molar-refractivity contribution in [2.75, 3.05) is 0 Å². The van der Waals surface area contributed by atoms with E-state index >= 15 is 0 Å². The van der Waals surface area contributed by atoms with E-state index in [-0.39, 0.29) is 5.02 Å². The summed E-state index contributed by atoms with van der Waals surface area (Å²) in [5, 5.41) is 10.8. The average Bonchev–Trinajstić information content (AvgIpc) is 2.35. The Balaban J connectivity index is 2.14. The Bertz CT molecular complexity index is 421. The van der Waals surface area contributed by atoms with Gasteiger partial charge in [0.25, 0.3) is 0 Å². The van der Waals surface area contributed by atoms with Crippen molar-refractivity contribution in [1.82, 2.24) is 0 Å². The number of hydrogen-bond donors (Lipinski definition) is 1. The van der Waals surface area contributed by atoms with Crippen molar-refractivity contribution in [1.29, 1.82) is 0 Å². The maximum atomic E-state index is 13.4. The van der Waals surface area contributed by atoms with E-state index in [1.165, 1.54) is 12.5 Å². The molecule has 18 heavy (non-hydrogen) atoms. The fourth-order valence-electron chi connectivity index (χ4n) is 3.01. The second kappa shape index (κ2) is 5.58. The molecule has 1 fully saturated rings. The molecule has 100 valence electrons. The van der Waals surface area contributed by atoms with Crippen molar-refractivity contribution in [3.05, 3.63) is 34.6 Å². The van der Waals surface area contributed by atoms with Crippen LogP contribution in [-0.4, -0.2) is 10.7 Å². The van der Waals surface area contributed by atoms with Gasteiger partial charge < -0.3 is 5.11 Å². The van der Waals surface area contributed by atoms with Gasteiger partial charge in [-0.2, -0.15) is 0 Å². The highest BCUT2D eigenvalue weighted by molar-refractivity contribution is 6.31. The maximum Gasteiger partial charge on any atom is 0.142 e. The average molecular weight is 271 g/mol. The summed E-state index contributed by atoms with van der Waals surface area (Å²) in [6.45, 7) is 2.16. The predicted molar refractivity (Wildman–Crippen MR) is 72.3 cm³/mol. The van der Waals surface area contributed by atoms with Crippen molar-refractivity contribution in [2.45, 2.75) is 51.0 Å². The summed E-state index contributed by atoms with van der Waals surface area (Å²) in [7, 11) is 0. The van der Waals surface area contributed by atoms with Gasteiger partial charge in [0.05, 0.1) is 10.6 Å². The quantitative estimate of drug-likeness (QED) is 0.866. The molecule has 1 aromatic rings. The van der Waals surface area contributed by atoms with Crippen LogP contribution in [-0.2, 0) is 6.42 Å². The van der Waals surface area contributed by atoms with Gasteiger partial charge in [0.1, 0.15) is 5.82 Å². The van der Waals surface area contributed by atoms with Gasteiger partial charge in [0.15, 0.2) is 0 Å². The lowest BCUT2D eigenvalue weighted by Gasteiger charge is -2.37. The Kier molecular flexibility index (Phi) is 4.29. The molecule has 1 aromatic carbocycles. The molecule has 0 radical (unpaired) electrons. The zero-order valence-electron chi connectivity index (χ0n) is 10.8. The monoisotopic (exact) mass is 270 g/mol. The lowest BCUT2D eigenvalue weighted by Crippen LogP contribution is -2.37. The Labute approximate surface area is 113 Å². The number of halogens is 2. The highest BCUT2D eigenvalue weighted by Gasteiger charge is 2.34. The first kappa shape index (κ1) is 13.8. The molecule has 1 N–H and O–H groups in total. The molecule has 1 aliphatic rings. The van der Waals surface area contributed by atoms with E-state index < -0.39 is 11.4 Å². The van der Waals surface area contributed by atoms with Gasteiger partial charge in [-0.05, 0) is 30.4 Å². The first-order chi connectivity index (χ1) is 8.54. The van der Waals surface area contributed by atoms with Crippen LogP contribution in [0, 0.1) is 11.7 Å². The highest BCUT2D eigenvalue weighted by atomic mass is 35.5. The number of rotatable bonds is 3. The van der Waals surface area contributed by atoms with E-state index in [0.717, 1.165) is 31.2 Å². The Morgan fingerprint density at radius 1 is 1.50 bits per heavy atom. The van der Waals surface area contributed by atoms with E-state index in [1.807, 2.05) is 0 Å². The van der Waals surface area contributed by atoms with Crippen molar-refractivity contribution < 1.29 is 9.50 Å². The lowest BCUT2D eigenvalue weighted by atomic mass is 9.74. The third kappa shape index (κ3) is 3.04. The summed E-state index contributed by atoms with van der Waals surface area (Å²) in [6.07, 6.45) is 5.38. The second-order valence-corrected chi connectivity index (χ2v) is 5.86. The van der Waals surface area contributed by atoms with Gasteiger partial charge in [-0.15, -0.1) is 0 Å². The SMILES string of the molecule is CCC1CCCC(O)(Cc2cccc(F)c2Cl)C1. The van der Waals surface area contributed by atoms with Gasteiger partial charge in [-0.3, -0.25) is 0 Å². The molecule has 1 saturated carbocycles. The molecule has 0 aromatic heterocycles. The normalized spacial score (nSPS) is 28.3. The molecule has 2 unspecified atom stereocenters. The zero-order chi connectivity index (χ0) is 13.2. The molecule has 0 aliphatic heterocycles. The van der Waals surface area contributed by atoms with Gasteiger partial charge in [0.2, 0.25) is 0 Å². The van der Waals surface area contributed by atoms with Gasteiger partial charge in [-0.25, -0.2) is 4.39 Å². The summed E-state index contributed by atoms with van der Waals surface area (Å²) in [6, 6.07) is 4.81. The minimum atomic E-state index is -0.712. The van der Waals surface area contributed by atoms with Gasteiger partial charge >= 0.3 is 0 Å². The van der Waals surface area contributed by atoms with Crippen LogP contribution in [0.4, 0.5) is 4.39 Å². The summed E-state index contributed by atoms with van der Waals surface area (Å²) < 4.78 is 13.4. The van der Waals surface area contributed by atoms with Gasteiger partial charge in [-0.1, -0.05) is 49.9 Å². The summed E-state index contributed by atoms with van der Waals surface area (Å²) >= 11 is 5.96. The lowest BCUT2D eigenvalue weighted by molar-refractivity contribution is -0.0162. The molecule has 1 aliphatic carbocycles. The molecule has 2 rings (SSSR count). The van der Waals surface area contributed by atoms with Crippen LogP contribution in [0.2, 0.25) is 5.02 Å². The maximum absolute atomic E-state index is 13.4. The van der Waals surface area contributed by atoms with E-state index in [2.05, 4.69) is 6.92 Å². The van der Waals surface area contributed by atoms with Crippen molar-refractivity contribution in [3.8, 4) is 0 Å². The van der Waals surface area contributed by atoms with E-state index in [0.29, 0.717) is 12.3 Å². The van der Waals surface area contributed by atoms with Crippen LogP contribution < -0.4 is 0 Å². The Hall–Kier alpha value is -0.600. The molecule has 3 heteroatoms. The Morgan fingerprint density at radius 3 is 3.00 bits per heavy atom. The summed E-state index contributed by atoms with van der Waals surface area (Å²) in [4.78, 5) is 0. The molecule has 2 atom stereocenters. The van der Waals surface area contributed by atoms with Crippen LogP contribution >= 0.6 is 11.6 Å². The number of benzene rings is 1. The van der Waals surface area contributed by atoms with Crippen LogP contribution in [0.3, 0.4) is 0 Å². The molecule has 0 bridgehead atoms. The van der Waals surface area contributed by atoms with Crippen molar-refractivity contribution in [3.63, 3.8) is 0 Å². The van der Waals surface area contributed by atoms with Crippen LogP contribution in [0.25, 0.3) is 0 Å². The first-order valence-corrected chi connectivity index (χ1v) is 7.07. The Morgan fingerprint density at radius 2 is 2.28 bits per heavy atom. The van der Waals surface area contributed by atoms with Crippen LogP contribution in [0.5, 0.6) is 0 Å². The van der Waals surface area contributed by atoms with Crippen LogP contribution in [0.1, 0.15) is 44.6 Å². The standard InChI is InChI=1S/C15H20ClFO/c1-2-11-5-4-8-15(18,9-11)10-12-6-3-7-13(17)14(12)16/h3,6-7,11,18H,2,4-5,8-10H2,1H3. The van der Waals surface area contributed by atoms with Crippen LogP contribution in [0.15, 0.2) is 18.2 Å². The van der Waals surface area contributed by atoms with E-state index in [9.17, 15) is 9.50 Å². The predicted octanol–water partition coefficient (Wildman–Crippen LogP) is 4.35. The topological polar surface area (TPSA) is 20.2 Å². The largest absolute Gasteiger partial charge is 0.390 e. The van der Waals surface area contributed by atoms with Crippen molar-refractivity contribution >= 4 is 11.6 Å². The fourth-order valence-corrected chi connectivity index (χ4v) is 3.20. The molecule has 0 spiro atoms. The second-order valence-electron chi connectivity index (χ2n) is 5.48. The molecule has 0 amide bonds. The zero-order valence-corrected chi connectivity index (χ0v) is 11.5. The molecule has 1 nitrogen and oxygen atoms in total. The minimum absolute atomic E-state index is 0.157. The third-order valence-electron chi connectivity index (χ3n) is 4.05.